The first kappa shape index (κ1) is 15.4. The summed E-state index contributed by atoms with van der Waals surface area (Å²) in [6.45, 7) is 1.90. The van der Waals surface area contributed by atoms with Gasteiger partial charge in [0.25, 0.3) is 5.91 Å². The fourth-order valence-corrected chi connectivity index (χ4v) is 2.84. The third-order valence-corrected chi connectivity index (χ3v) is 4.34. The fraction of sp³-hybridized carbons (Fsp3) is 0.214. The zero-order chi connectivity index (χ0) is 14.9. The molecule has 0 aliphatic rings. The standard InChI is InChI=1S/C14H12BrCl2NO2/c1-8(10-4-3-9(16)7-12(10)17)18(2)14(19)11-5-6-20-13(11)15/h3-8H,1-2H3. The van der Waals surface area contributed by atoms with Crippen LogP contribution in [0, 0.1) is 0 Å². The molecule has 106 valence electrons. The smallest absolute Gasteiger partial charge is 0.258 e. The van der Waals surface area contributed by atoms with Crippen LogP contribution in [0.3, 0.4) is 0 Å². The van der Waals surface area contributed by atoms with E-state index in [9.17, 15) is 4.79 Å². The van der Waals surface area contributed by atoms with Gasteiger partial charge in [-0.25, -0.2) is 0 Å². The number of amides is 1. The van der Waals surface area contributed by atoms with E-state index in [2.05, 4.69) is 15.9 Å². The second kappa shape index (κ2) is 6.20. The SMILES string of the molecule is CC(c1ccc(Cl)cc1Cl)N(C)C(=O)c1ccoc1Br. The quantitative estimate of drug-likeness (QED) is 0.739. The van der Waals surface area contributed by atoms with E-state index in [0.717, 1.165) is 5.56 Å². The highest BCUT2D eigenvalue weighted by atomic mass is 79.9. The van der Waals surface area contributed by atoms with E-state index in [1.54, 1.807) is 30.1 Å². The summed E-state index contributed by atoms with van der Waals surface area (Å²) in [4.78, 5) is 14.0. The van der Waals surface area contributed by atoms with Gasteiger partial charge in [0.05, 0.1) is 17.9 Å². The minimum atomic E-state index is -0.186. The lowest BCUT2D eigenvalue weighted by molar-refractivity contribution is 0.0740. The zero-order valence-corrected chi connectivity index (χ0v) is 14.0. The van der Waals surface area contributed by atoms with E-state index in [1.807, 2.05) is 13.0 Å². The van der Waals surface area contributed by atoms with E-state index >= 15 is 0 Å². The summed E-state index contributed by atoms with van der Waals surface area (Å²) in [5, 5.41) is 1.11. The van der Waals surface area contributed by atoms with Crippen molar-refractivity contribution in [3.05, 3.63) is 56.4 Å². The van der Waals surface area contributed by atoms with Crippen LogP contribution in [-0.2, 0) is 0 Å². The lowest BCUT2D eigenvalue weighted by Crippen LogP contribution is -2.29. The van der Waals surface area contributed by atoms with Crippen molar-refractivity contribution in [1.82, 2.24) is 4.90 Å². The summed E-state index contributed by atoms with van der Waals surface area (Å²) in [7, 11) is 1.72. The predicted octanol–water partition coefficient (Wildman–Crippen LogP) is 5.18. The number of benzene rings is 1. The van der Waals surface area contributed by atoms with Crippen molar-refractivity contribution in [3.8, 4) is 0 Å². The first-order valence-electron chi connectivity index (χ1n) is 5.87. The van der Waals surface area contributed by atoms with Gasteiger partial charge >= 0.3 is 0 Å². The van der Waals surface area contributed by atoms with Gasteiger partial charge < -0.3 is 9.32 Å². The van der Waals surface area contributed by atoms with E-state index < -0.39 is 0 Å². The molecule has 0 bridgehead atoms. The third-order valence-electron chi connectivity index (χ3n) is 3.16. The van der Waals surface area contributed by atoms with Gasteiger partial charge in [0.15, 0.2) is 4.67 Å². The van der Waals surface area contributed by atoms with Crippen LogP contribution in [0.2, 0.25) is 10.0 Å². The molecular formula is C14H12BrCl2NO2. The molecule has 0 saturated carbocycles. The maximum Gasteiger partial charge on any atom is 0.258 e. The molecule has 0 aliphatic carbocycles. The topological polar surface area (TPSA) is 33.5 Å². The monoisotopic (exact) mass is 375 g/mol. The van der Waals surface area contributed by atoms with Crippen molar-refractivity contribution in [2.24, 2.45) is 0 Å². The first-order valence-corrected chi connectivity index (χ1v) is 7.41. The van der Waals surface area contributed by atoms with Crippen LogP contribution in [0.25, 0.3) is 0 Å². The molecule has 1 unspecified atom stereocenters. The number of hydrogen-bond acceptors (Lipinski definition) is 2. The molecule has 0 aliphatic heterocycles. The van der Waals surface area contributed by atoms with Crippen LogP contribution in [0.4, 0.5) is 0 Å². The number of furan rings is 1. The molecule has 0 radical (unpaired) electrons. The van der Waals surface area contributed by atoms with Crippen LogP contribution in [0.1, 0.15) is 28.9 Å². The maximum absolute atomic E-state index is 12.4. The highest BCUT2D eigenvalue weighted by Gasteiger charge is 2.23. The lowest BCUT2D eigenvalue weighted by Gasteiger charge is -2.26. The van der Waals surface area contributed by atoms with Gasteiger partial charge in [-0.2, -0.15) is 0 Å². The number of hydrogen-bond donors (Lipinski definition) is 0. The molecule has 3 nitrogen and oxygen atoms in total. The molecule has 1 amide bonds. The van der Waals surface area contributed by atoms with Crippen molar-refractivity contribution in [1.29, 1.82) is 0 Å². The maximum atomic E-state index is 12.4. The summed E-state index contributed by atoms with van der Waals surface area (Å²) in [5.74, 6) is -0.149. The van der Waals surface area contributed by atoms with Gasteiger partial charge in [-0.1, -0.05) is 29.3 Å². The largest absolute Gasteiger partial charge is 0.457 e. The van der Waals surface area contributed by atoms with Gasteiger partial charge in [0, 0.05) is 17.1 Å². The molecule has 2 aromatic rings. The summed E-state index contributed by atoms with van der Waals surface area (Å²) in [6.07, 6.45) is 1.46. The van der Waals surface area contributed by atoms with Crippen LogP contribution in [0.15, 0.2) is 39.6 Å². The van der Waals surface area contributed by atoms with E-state index in [0.29, 0.717) is 20.3 Å². The summed E-state index contributed by atoms with van der Waals surface area (Å²) in [5.41, 5.74) is 1.32. The fourth-order valence-electron chi connectivity index (χ4n) is 1.86. The second-order valence-electron chi connectivity index (χ2n) is 4.37. The Hall–Kier alpha value is -0.970. The van der Waals surface area contributed by atoms with Crippen LogP contribution in [-0.4, -0.2) is 17.9 Å². The van der Waals surface area contributed by atoms with Crippen molar-refractivity contribution < 1.29 is 9.21 Å². The van der Waals surface area contributed by atoms with E-state index in [-0.39, 0.29) is 11.9 Å². The zero-order valence-electron chi connectivity index (χ0n) is 10.9. The summed E-state index contributed by atoms with van der Waals surface area (Å²) in [6, 6.07) is 6.68. The first-order chi connectivity index (χ1) is 9.41. The Labute approximate surface area is 135 Å². The molecule has 0 saturated heterocycles. The molecule has 1 atom stereocenters. The van der Waals surface area contributed by atoms with Gasteiger partial charge in [0.2, 0.25) is 0 Å². The Morgan fingerprint density at radius 1 is 1.35 bits per heavy atom. The van der Waals surface area contributed by atoms with E-state index in [4.69, 9.17) is 27.6 Å². The Kier molecular flexibility index (Phi) is 4.78. The molecule has 1 aromatic carbocycles. The summed E-state index contributed by atoms with van der Waals surface area (Å²) >= 11 is 15.3. The average molecular weight is 377 g/mol. The van der Waals surface area contributed by atoms with Crippen molar-refractivity contribution in [2.75, 3.05) is 7.05 Å². The number of nitrogens with zero attached hydrogens (tertiary/aromatic N) is 1. The molecule has 2 rings (SSSR count). The minimum Gasteiger partial charge on any atom is -0.457 e. The lowest BCUT2D eigenvalue weighted by atomic mass is 10.1. The van der Waals surface area contributed by atoms with Crippen molar-refractivity contribution >= 4 is 45.0 Å². The van der Waals surface area contributed by atoms with Crippen molar-refractivity contribution in [2.45, 2.75) is 13.0 Å². The second-order valence-corrected chi connectivity index (χ2v) is 5.93. The molecule has 1 aromatic heterocycles. The summed E-state index contributed by atoms with van der Waals surface area (Å²) < 4.78 is 5.51. The Morgan fingerprint density at radius 3 is 2.60 bits per heavy atom. The molecule has 6 heteroatoms. The number of carbonyl (C=O) groups excluding carboxylic acids is 1. The highest BCUT2D eigenvalue weighted by molar-refractivity contribution is 9.10. The highest BCUT2D eigenvalue weighted by Crippen LogP contribution is 2.30. The normalized spacial score (nSPS) is 12.2. The molecule has 20 heavy (non-hydrogen) atoms. The van der Waals surface area contributed by atoms with Crippen molar-refractivity contribution in [3.63, 3.8) is 0 Å². The molecule has 1 heterocycles. The number of carbonyl (C=O) groups is 1. The predicted molar refractivity (Wildman–Crippen MR) is 83.4 cm³/mol. The van der Waals surface area contributed by atoms with Gasteiger partial charge in [-0.3, -0.25) is 4.79 Å². The number of rotatable bonds is 3. The van der Waals surface area contributed by atoms with Crippen LogP contribution >= 0.6 is 39.1 Å². The Bertz CT molecular complexity index is 642. The Morgan fingerprint density at radius 2 is 2.05 bits per heavy atom. The molecule has 0 N–H and O–H groups in total. The number of halogens is 3. The van der Waals surface area contributed by atoms with E-state index in [1.165, 1.54) is 6.26 Å². The Balaban J connectivity index is 2.26. The van der Waals surface area contributed by atoms with Crippen LogP contribution < -0.4 is 0 Å². The van der Waals surface area contributed by atoms with Gasteiger partial charge in [-0.05, 0) is 46.6 Å². The average Bonchev–Trinajstić information content (AvgIpc) is 2.82. The molecule has 0 spiro atoms. The molecular weight excluding hydrogens is 365 g/mol. The minimum absolute atomic E-state index is 0.149. The van der Waals surface area contributed by atoms with Crippen LogP contribution in [0.5, 0.6) is 0 Å². The third kappa shape index (κ3) is 3.03. The molecule has 0 fully saturated rings. The van der Waals surface area contributed by atoms with Gasteiger partial charge in [0.1, 0.15) is 0 Å². The van der Waals surface area contributed by atoms with Gasteiger partial charge in [-0.15, -0.1) is 0 Å².